The summed E-state index contributed by atoms with van der Waals surface area (Å²) in [4.78, 5) is 11.9. The first-order chi connectivity index (χ1) is 8.49. The molecule has 0 bridgehead atoms. The normalized spacial score (nSPS) is 13.8. The molecule has 0 radical (unpaired) electrons. The van der Waals surface area contributed by atoms with Crippen LogP contribution in [0.5, 0.6) is 5.75 Å². The molecule has 0 fully saturated rings. The van der Waals surface area contributed by atoms with Crippen molar-refractivity contribution in [2.24, 2.45) is 11.7 Å². The van der Waals surface area contributed by atoms with Gasteiger partial charge in [0.1, 0.15) is 5.75 Å². The molecule has 1 aromatic carbocycles. The van der Waals surface area contributed by atoms with E-state index in [0.717, 1.165) is 10.9 Å². The molecule has 4 nitrogen and oxygen atoms in total. The van der Waals surface area contributed by atoms with Crippen molar-refractivity contribution in [2.45, 2.75) is 26.3 Å². The highest BCUT2D eigenvalue weighted by molar-refractivity contribution is 9.10. The quantitative estimate of drug-likeness (QED) is 0.878. The molecule has 1 amide bonds. The molecule has 0 heterocycles. The number of amides is 1. The fourth-order valence-electron chi connectivity index (χ4n) is 1.48. The van der Waals surface area contributed by atoms with Crippen LogP contribution in [0.15, 0.2) is 22.7 Å². The maximum Gasteiger partial charge on any atom is 0.241 e. The Morgan fingerprint density at radius 2 is 2.22 bits per heavy atom. The van der Waals surface area contributed by atoms with Crippen molar-refractivity contribution in [3.8, 4) is 5.75 Å². The molecule has 0 spiro atoms. The number of rotatable bonds is 5. The Hall–Kier alpha value is -1.07. The lowest BCUT2D eigenvalue weighted by molar-refractivity contribution is -0.118. The van der Waals surface area contributed by atoms with Crippen LogP contribution in [0.3, 0.4) is 0 Å². The Labute approximate surface area is 116 Å². The minimum atomic E-state index is -0.496. The number of ether oxygens (including phenoxy) is 1. The predicted molar refractivity (Wildman–Crippen MR) is 76.8 cm³/mol. The van der Waals surface area contributed by atoms with Gasteiger partial charge in [0.25, 0.3) is 0 Å². The molecule has 1 rings (SSSR count). The number of methoxy groups -OCH3 is 1. The van der Waals surface area contributed by atoms with Crippen LogP contribution in [0, 0.1) is 5.92 Å². The standard InChI is InChI=1S/C13H19BrN2O2/c1-4-8(2)12(15)13(17)16-9-5-6-10(14)11(7-9)18-3/h5-8,12H,4,15H2,1-3H3,(H,16,17). The fraction of sp³-hybridized carbons (Fsp3) is 0.462. The van der Waals surface area contributed by atoms with E-state index in [1.54, 1.807) is 19.2 Å². The van der Waals surface area contributed by atoms with Gasteiger partial charge in [-0.2, -0.15) is 0 Å². The highest BCUT2D eigenvalue weighted by Crippen LogP contribution is 2.27. The molecule has 0 aliphatic carbocycles. The fourth-order valence-corrected chi connectivity index (χ4v) is 1.88. The summed E-state index contributed by atoms with van der Waals surface area (Å²) >= 11 is 3.36. The molecule has 0 saturated carbocycles. The van der Waals surface area contributed by atoms with Gasteiger partial charge >= 0.3 is 0 Å². The van der Waals surface area contributed by atoms with Gasteiger partial charge in [0.15, 0.2) is 0 Å². The molecule has 0 saturated heterocycles. The summed E-state index contributed by atoms with van der Waals surface area (Å²) in [5.74, 6) is 0.654. The average Bonchev–Trinajstić information content (AvgIpc) is 2.38. The molecule has 2 unspecified atom stereocenters. The third-order valence-electron chi connectivity index (χ3n) is 2.98. The zero-order valence-corrected chi connectivity index (χ0v) is 12.5. The van der Waals surface area contributed by atoms with Gasteiger partial charge < -0.3 is 15.8 Å². The Kier molecular flexibility index (Phi) is 5.62. The monoisotopic (exact) mass is 314 g/mol. The van der Waals surface area contributed by atoms with Crippen LogP contribution in [0.4, 0.5) is 5.69 Å². The second kappa shape index (κ2) is 6.75. The zero-order valence-electron chi connectivity index (χ0n) is 10.9. The smallest absolute Gasteiger partial charge is 0.241 e. The van der Waals surface area contributed by atoms with Crippen molar-refractivity contribution in [1.82, 2.24) is 0 Å². The minimum Gasteiger partial charge on any atom is -0.495 e. The van der Waals surface area contributed by atoms with Crippen molar-refractivity contribution in [1.29, 1.82) is 0 Å². The number of nitrogens with one attached hydrogen (secondary N) is 1. The zero-order chi connectivity index (χ0) is 13.7. The summed E-state index contributed by atoms with van der Waals surface area (Å²) in [5, 5.41) is 2.79. The molecule has 100 valence electrons. The van der Waals surface area contributed by atoms with Gasteiger partial charge in [-0.25, -0.2) is 0 Å². The van der Waals surface area contributed by atoms with Gasteiger partial charge in [-0.15, -0.1) is 0 Å². The first-order valence-electron chi connectivity index (χ1n) is 5.89. The van der Waals surface area contributed by atoms with Crippen LogP contribution in [-0.2, 0) is 4.79 Å². The van der Waals surface area contributed by atoms with Crippen molar-refractivity contribution >= 4 is 27.5 Å². The maximum atomic E-state index is 11.9. The van der Waals surface area contributed by atoms with Crippen LogP contribution in [-0.4, -0.2) is 19.1 Å². The van der Waals surface area contributed by atoms with E-state index in [-0.39, 0.29) is 11.8 Å². The molecule has 2 atom stereocenters. The maximum absolute atomic E-state index is 11.9. The molecule has 0 aromatic heterocycles. The van der Waals surface area contributed by atoms with Crippen LogP contribution in [0.1, 0.15) is 20.3 Å². The predicted octanol–water partition coefficient (Wildman–Crippen LogP) is 2.77. The Balaban J connectivity index is 2.76. The van der Waals surface area contributed by atoms with E-state index >= 15 is 0 Å². The lowest BCUT2D eigenvalue weighted by Crippen LogP contribution is -2.40. The van der Waals surface area contributed by atoms with E-state index in [0.29, 0.717) is 11.4 Å². The topological polar surface area (TPSA) is 64.4 Å². The van der Waals surface area contributed by atoms with Gasteiger partial charge in [0.2, 0.25) is 5.91 Å². The Morgan fingerprint density at radius 1 is 1.56 bits per heavy atom. The lowest BCUT2D eigenvalue weighted by Gasteiger charge is -2.18. The van der Waals surface area contributed by atoms with Gasteiger partial charge in [-0.05, 0) is 34.0 Å². The largest absolute Gasteiger partial charge is 0.495 e. The van der Waals surface area contributed by atoms with Crippen LogP contribution in [0.25, 0.3) is 0 Å². The van der Waals surface area contributed by atoms with Crippen LogP contribution in [0.2, 0.25) is 0 Å². The number of halogens is 1. The second-order valence-electron chi connectivity index (χ2n) is 4.25. The van der Waals surface area contributed by atoms with Gasteiger partial charge in [-0.1, -0.05) is 20.3 Å². The number of hydrogen-bond donors (Lipinski definition) is 2. The molecule has 5 heteroatoms. The first kappa shape index (κ1) is 15.0. The Morgan fingerprint density at radius 3 is 2.78 bits per heavy atom. The number of hydrogen-bond acceptors (Lipinski definition) is 3. The molecule has 0 aliphatic heterocycles. The van der Waals surface area contributed by atoms with Gasteiger partial charge in [0, 0.05) is 11.8 Å². The third-order valence-corrected chi connectivity index (χ3v) is 3.63. The summed E-state index contributed by atoms with van der Waals surface area (Å²) in [6.07, 6.45) is 0.873. The number of anilines is 1. The van der Waals surface area contributed by atoms with Gasteiger partial charge in [0.05, 0.1) is 17.6 Å². The summed E-state index contributed by atoms with van der Waals surface area (Å²) in [5.41, 5.74) is 6.55. The summed E-state index contributed by atoms with van der Waals surface area (Å²) in [7, 11) is 1.58. The third kappa shape index (κ3) is 3.71. The molecule has 1 aromatic rings. The number of carbonyl (C=O) groups is 1. The van der Waals surface area contributed by atoms with E-state index in [1.807, 2.05) is 19.9 Å². The van der Waals surface area contributed by atoms with Crippen molar-refractivity contribution < 1.29 is 9.53 Å². The highest BCUT2D eigenvalue weighted by atomic mass is 79.9. The van der Waals surface area contributed by atoms with Crippen molar-refractivity contribution in [3.05, 3.63) is 22.7 Å². The second-order valence-corrected chi connectivity index (χ2v) is 5.10. The first-order valence-corrected chi connectivity index (χ1v) is 6.68. The minimum absolute atomic E-state index is 0.155. The lowest BCUT2D eigenvalue weighted by atomic mass is 9.99. The molecular weight excluding hydrogens is 296 g/mol. The average molecular weight is 315 g/mol. The molecule has 18 heavy (non-hydrogen) atoms. The van der Waals surface area contributed by atoms with E-state index in [2.05, 4.69) is 21.2 Å². The molecule has 3 N–H and O–H groups in total. The van der Waals surface area contributed by atoms with Crippen LogP contribution < -0.4 is 15.8 Å². The summed E-state index contributed by atoms with van der Waals surface area (Å²) < 4.78 is 6.01. The van der Waals surface area contributed by atoms with E-state index in [9.17, 15) is 4.79 Å². The molecular formula is C13H19BrN2O2. The summed E-state index contributed by atoms with van der Waals surface area (Å²) in [6, 6.07) is 4.88. The van der Waals surface area contributed by atoms with E-state index in [4.69, 9.17) is 10.5 Å². The van der Waals surface area contributed by atoms with E-state index in [1.165, 1.54) is 0 Å². The SMILES string of the molecule is CCC(C)C(N)C(=O)Nc1ccc(Br)c(OC)c1. The highest BCUT2D eigenvalue weighted by Gasteiger charge is 2.19. The molecule has 0 aliphatic rings. The number of carbonyl (C=O) groups excluding carboxylic acids is 1. The number of nitrogens with two attached hydrogens (primary N) is 1. The van der Waals surface area contributed by atoms with E-state index < -0.39 is 6.04 Å². The Bertz CT molecular complexity index is 423. The number of benzene rings is 1. The van der Waals surface area contributed by atoms with Crippen LogP contribution >= 0.6 is 15.9 Å². The van der Waals surface area contributed by atoms with Crippen molar-refractivity contribution in [3.63, 3.8) is 0 Å². The summed E-state index contributed by atoms with van der Waals surface area (Å²) in [6.45, 7) is 3.98. The van der Waals surface area contributed by atoms with Crippen molar-refractivity contribution in [2.75, 3.05) is 12.4 Å². The van der Waals surface area contributed by atoms with Gasteiger partial charge in [-0.3, -0.25) is 4.79 Å².